The van der Waals surface area contributed by atoms with Crippen LogP contribution in [-0.2, 0) is 19.6 Å². The van der Waals surface area contributed by atoms with Crippen LogP contribution >= 0.6 is 23.1 Å². The Labute approximate surface area is 195 Å². The van der Waals surface area contributed by atoms with Crippen molar-refractivity contribution in [3.63, 3.8) is 0 Å². The van der Waals surface area contributed by atoms with Crippen molar-refractivity contribution < 1.29 is 22.8 Å². The van der Waals surface area contributed by atoms with Gasteiger partial charge in [-0.2, -0.15) is 4.72 Å². The topological polar surface area (TPSA) is 113 Å². The molecule has 1 fully saturated rings. The van der Waals surface area contributed by atoms with E-state index in [1.54, 1.807) is 31.4 Å². The normalized spacial score (nSPS) is 16.7. The lowest BCUT2D eigenvalue weighted by atomic mass is 10.1. The smallest absolute Gasteiger partial charge is 0.293 e. The van der Waals surface area contributed by atoms with Crippen LogP contribution < -0.4 is 10.0 Å². The molecule has 0 bridgehead atoms. The van der Waals surface area contributed by atoms with E-state index in [0.717, 1.165) is 33.6 Å². The first kappa shape index (κ1) is 24.2. The van der Waals surface area contributed by atoms with E-state index in [2.05, 4.69) is 10.0 Å². The molecule has 1 aliphatic rings. The quantitative estimate of drug-likeness (QED) is 0.520. The lowest BCUT2D eigenvalue weighted by Gasteiger charge is -2.22. The highest BCUT2D eigenvalue weighted by Gasteiger charge is 2.35. The Morgan fingerprint density at radius 1 is 1.12 bits per heavy atom. The number of nitrogens with zero attached hydrogens (tertiary/aromatic N) is 1. The fourth-order valence-corrected chi connectivity index (χ4v) is 6.15. The van der Waals surface area contributed by atoms with Gasteiger partial charge in [-0.1, -0.05) is 50.2 Å². The summed E-state index contributed by atoms with van der Waals surface area (Å²) >= 11 is 1.91. The summed E-state index contributed by atoms with van der Waals surface area (Å²) in [5.74, 6) is -1.25. The van der Waals surface area contributed by atoms with E-state index in [0.29, 0.717) is 4.91 Å². The first-order valence-electron chi connectivity index (χ1n) is 9.83. The molecule has 0 radical (unpaired) electrons. The molecule has 1 aromatic carbocycles. The van der Waals surface area contributed by atoms with E-state index in [1.807, 2.05) is 30.3 Å². The van der Waals surface area contributed by atoms with E-state index in [1.165, 1.54) is 6.07 Å². The largest absolute Gasteiger partial charge is 0.353 e. The molecule has 1 aromatic heterocycles. The van der Waals surface area contributed by atoms with Crippen LogP contribution in [0.5, 0.6) is 0 Å². The first-order valence-corrected chi connectivity index (χ1v) is 13.0. The number of thiophene rings is 1. The number of nitrogens with one attached hydrogen (secondary N) is 2. The Morgan fingerprint density at radius 3 is 2.47 bits per heavy atom. The van der Waals surface area contributed by atoms with Gasteiger partial charge in [0, 0.05) is 13.1 Å². The Hall–Kier alpha value is -2.47. The van der Waals surface area contributed by atoms with Crippen LogP contribution in [0.1, 0.15) is 19.4 Å². The molecular weight excluding hydrogens is 470 g/mol. The second-order valence-electron chi connectivity index (χ2n) is 7.31. The predicted octanol–water partition coefficient (Wildman–Crippen LogP) is 2.90. The summed E-state index contributed by atoms with van der Waals surface area (Å²) in [6.07, 6.45) is 1.65. The van der Waals surface area contributed by atoms with Crippen LogP contribution in [0.2, 0.25) is 0 Å². The van der Waals surface area contributed by atoms with Crippen molar-refractivity contribution in [2.24, 2.45) is 5.92 Å². The number of amides is 3. The van der Waals surface area contributed by atoms with Crippen LogP contribution in [0.4, 0.5) is 4.79 Å². The van der Waals surface area contributed by atoms with Crippen molar-refractivity contribution >= 4 is 56.3 Å². The highest BCUT2D eigenvalue weighted by atomic mass is 32.2. The first-order chi connectivity index (χ1) is 15.2. The molecule has 0 unspecified atom stereocenters. The van der Waals surface area contributed by atoms with Crippen molar-refractivity contribution in [3.8, 4) is 0 Å². The second kappa shape index (κ2) is 10.4. The standard InChI is InChI=1S/C21H23N3O5S3/c1-14(2)18(23-32(28,29)17-9-6-12-30-17)19(25)22-10-11-24-20(26)16(31-21(24)27)13-15-7-4-3-5-8-15/h3-9,12-14,18,23H,10-11H2,1-2H3,(H,22,25)/b16-13+/t18-/m0/s1. The summed E-state index contributed by atoms with van der Waals surface area (Å²) in [5, 5.41) is 3.86. The van der Waals surface area contributed by atoms with Crippen LogP contribution in [0.3, 0.4) is 0 Å². The number of benzene rings is 1. The molecular formula is C21H23N3O5S3. The lowest BCUT2D eigenvalue weighted by Crippen LogP contribution is -2.50. The summed E-state index contributed by atoms with van der Waals surface area (Å²) in [4.78, 5) is 38.8. The monoisotopic (exact) mass is 493 g/mol. The van der Waals surface area contributed by atoms with E-state index in [9.17, 15) is 22.8 Å². The second-order valence-corrected chi connectivity index (χ2v) is 11.2. The van der Waals surface area contributed by atoms with Crippen LogP contribution in [0.25, 0.3) is 6.08 Å². The summed E-state index contributed by atoms with van der Waals surface area (Å²) < 4.78 is 27.5. The maximum absolute atomic E-state index is 12.6. The number of hydrogen-bond acceptors (Lipinski definition) is 7. The number of carbonyl (C=O) groups excluding carboxylic acids is 3. The Kier molecular flexibility index (Phi) is 7.88. The molecule has 2 heterocycles. The van der Waals surface area contributed by atoms with Gasteiger partial charge >= 0.3 is 0 Å². The molecule has 1 aliphatic heterocycles. The third-order valence-corrected chi connectivity index (χ3v) is 8.34. The Morgan fingerprint density at radius 2 is 1.84 bits per heavy atom. The third kappa shape index (κ3) is 5.85. The molecule has 0 saturated carbocycles. The average Bonchev–Trinajstić information content (AvgIpc) is 3.38. The van der Waals surface area contributed by atoms with Gasteiger partial charge in [0.25, 0.3) is 21.2 Å². The fourth-order valence-electron chi connectivity index (χ4n) is 2.93. The van der Waals surface area contributed by atoms with Crippen molar-refractivity contribution in [1.29, 1.82) is 0 Å². The molecule has 32 heavy (non-hydrogen) atoms. The zero-order valence-electron chi connectivity index (χ0n) is 17.5. The number of rotatable bonds is 9. The summed E-state index contributed by atoms with van der Waals surface area (Å²) in [6.45, 7) is 3.46. The third-order valence-electron chi connectivity index (χ3n) is 4.60. The molecule has 3 rings (SSSR count). The number of carbonyl (C=O) groups is 3. The molecule has 2 aromatic rings. The average molecular weight is 494 g/mol. The van der Waals surface area contributed by atoms with Crippen molar-refractivity contribution in [2.75, 3.05) is 13.1 Å². The molecule has 2 N–H and O–H groups in total. The fraction of sp³-hybridized carbons (Fsp3) is 0.286. The maximum Gasteiger partial charge on any atom is 0.293 e. The molecule has 1 atom stereocenters. The van der Waals surface area contributed by atoms with E-state index >= 15 is 0 Å². The molecule has 1 saturated heterocycles. The van der Waals surface area contributed by atoms with Crippen molar-refractivity contribution in [3.05, 3.63) is 58.3 Å². The molecule has 3 amide bonds. The number of thioether (sulfide) groups is 1. The van der Waals surface area contributed by atoms with Gasteiger partial charge in [0.1, 0.15) is 10.3 Å². The van der Waals surface area contributed by atoms with E-state index < -0.39 is 33.1 Å². The van der Waals surface area contributed by atoms with Gasteiger partial charge in [0.15, 0.2) is 0 Å². The maximum atomic E-state index is 12.6. The number of sulfonamides is 1. The SMILES string of the molecule is CC(C)[C@H](NS(=O)(=O)c1cccs1)C(=O)NCCN1C(=O)S/C(=C/c2ccccc2)C1=O. The highest BCUT2D eigenvalue weighted by Crippen LogP contribution is 2.31. The van der Waals surface area contributed by atoms with Gasteiger partial charge in [0.05, 0.1) is 4.91 Å². The van der Waals surface area contributed by atoms with Crippen LogP contribution in [0.15, 0.2) is 57.0 Å². The Bertz CT molecular complexity index is 1110. The van der Waals surface area contributed by atoms with Crippen molar-refractivity contribution in [1.82, 2.24) is 14.9 Å². The molecule has 8 nitrogen and oxygen atoms in total. The van der Waals surface area contributed by atoms with Gasteiger partial charge in [-0.3, -0.25) is 19.3 Å². The van der Waals surface area contributed by atoms with Gasteiger partial charge in [-0.15, -0.1) is 11.3 Å². The van der Waals surface area contributed by atoms with Crippen LogP contribution in [0, 0.1) is 5.92 Å². The minimum absolute atomic E-state index is 0.00890. The number of hydrogen-bond donors (Lipinski definition) is 2. The molecule has 170 valence electrons. The van der Waals surface area contributed by atoms with Gasteiger partial charge in [-0.25, -0.2) is 8.42 Å². The van der Waals surface area contributed by atoms with E-state index in [4.69, 9.17) is 0 Å². The molecule has 0 spiro atoms. The highest BCUT2D eigenvalue weighted by molar-refractivity contribution is 8.18. The summed E-state index contributed by atoms with van der Waals surface area (Å²) in [5.41, 5.74) is 0.809. The van der Waals surface area contributed by atoms with Gasteiger partial charge < -0.3 is 5.32 Å². The zero-order chi connectivity index (χ0) is 23.3. The van der Waals surface area contributed by atoms with E-state index in [-0.39, 0.29) is 23.2 Å². The minimum Gasteiger partial charge on any atom is -0.353 e. The zero-order valence-corrected chi connectivity index (χ0v) is 19.9. The van der Waals surface area contributed by atoms with Gasteiger partial charge in [0.2, 0.25) is 5.91 Å². The van der Waals surface area contributed by atoms with Gasteiger partial charge in [-0.05, 0) is 40.8 Å². The predicted molar refractivity (Wildman–Crippen MR) is 125 cm³/mol. The molecule has 11 heteroatoms. The summed E-state index contributed by atoms with van der Waals surface area (Å²) in [6, 6.07) is 11.3. The lowest BCUT2D eigenvalue weighted by molar-refractivity contribution is -0.125. The van der Waals surface area contributed by atoms with Crippen LogP contribution in [-0.4, -0.2) is 49.5 Å². The Balaban J connectivity index is 1.58. The molecule has 0 aliphatic carbocycles. The van der Waals surface area contributed by atoms with Crippen molar-refractivity contribution in [2.45, 2.75) is 24.1 Å². The minimum atomic E-state index is -3.82. The number of imide groups is 1. The summed E-state index contributed by atoms with van der Waals surface area (Å²) in [7, 11) is -3.82.